The summed E-state index contributed by atoms with van der Waals surface area (Å²) in [5, 5.41) is 3.24. The highest BCUT2D eigenvalue weighted by Gasteiger charge is 2.07. The second kappa shape index (κ2) is 4.42. The van der Waals surface area contributed by atoms with Gasteiger partial charge in [-0.25, -0.2) is 4.98 Å². The lowest BCUT2D eigenvalue weighted by Gasteiger charge is -2.13. The third-order valence-electron chi connectivity index (χ3n) is 2.74. The molecule has 0 saturated carbocycles. The van der Waals surface area contributed by atoms with Crippen LogP contribution >= 0.6 is 0 Å². The van der Waals surface area contributed by atoms with Crippen LogP contribution in [0.3, 0.4) is 0 Å². The van der Waals surface area contributed by atoms with Gasteiger partial charge in [0.1, 0.15) is 5.82 Å². The van der Waals surface area contributed by atoms with Crippen molar-refractivity contribution in [1.29, 1.82) is 0 Å². The van der Waals surface area contributed by atoms with Crippen molar-refractivity contribution in [1.82, 2.24) is 4.98 Å². The maximum absolute atomic E-state index is 5.44. The SMILES string of the molecule is Cc1nc(NCCN)c(C)c(C)c1C. The molecule has 0 unspecified atom stereocenters. The minimum absolute atomic E-state index is 0.632. The predicted octanol–water partition coefficient (Wildman–Crippen LogP) is 1.69. The molecule has 0 aromatic carbocycles. The van der Waals surface area contributed by atoms with Crippen LogP contribution in [0.15, 0.2) is 0 Å². The first-order valence-corrected chi connectivity index (χ1v) is 4.96. The molecule has 0 radical (unpaired) electrons. The zero-order chi connectivity index (χ0) is 10.7. The maximum atomic E-state index is 5.44. The van der Waals surface area contributed by atoms with Gasteiger partial charge in [0.25, 0.3) is 0 Å². The van der Waals surface area contributed by atoms with Gasteiger partial charge in [-0.15, -0.1) is 0 Å². The molecule has 3 heteroatoms. The van der Waals surface area contributed by atoms with Crippen molar-refractivity contribution >= 4 is 5.82 Å². The number of hydrogen-bond acceptors (Lipinski definition) is 3. The third-order valence-corrected chi connectivity index (χ3v) is 2.74. The van der Waals surface area contributed by atoms with Crippen molar-refractivity contribution in [2.24, 2.45) is 5.73 Å². The smallest absolute Gasteiger partial charge is 0.129 e. The summed E-state index contributed by atoms with van der Waals surface area (Å²) in [6.07, 6.45) is 0. The van der Waals surface area contributed by atoms with Crippen molar-refractivity contribution < 1.29 is 0 Å². The van der Waals surface area contributed by atoms with Crippen molar-refractivity contribution in [3.8, 4) is 0 Å². The summed E-state index contributed by atoms with van der Waals surface area (Å²) < 4.78 is 0. The van der Waals surface area contributed by atoms with E-state index in [0.29, 0.717) is 6.54 Å². The lowest BCUT2D eigenvalue weighted by molar-refractivity contribution is 0.990. The second-order valence-electron chi connectivity index (χ2n) is 3.64. The summed E-state index contributed by atoms with van der Waals surface area (Å²) in [6, 6.07) is 0. The van der Waals surface area contributed by atoms with Crippen LogP contribution in [-0.2, 0) is 0 Å². The number of hydrogen-bond donors (Lipinski definition) is 2. The molecule has 0 aliphatic carbocycles. The number of aryl methyl sites for hydroxylation is 1. The van der Waals surface area contributed by atoms with Gasteiger partial charge < -0.3 is 11.1 Å². The Balaban J connectivity index is 3.06. The van der Waals surface area contributed by atoms with Crippen LogP contribution in [-0.4, -0.2) is 18.1 Å². The molecule has 0 saturated heterocycles. The summed E-state index contributed by atoms with van der Waals surface area (Å²) >= 11 is 0. The second-order valence-corrected chi connectivity index (χ2v) is 3.64. The van der Waals surface area contributed by atoms with E-state index >= 15 is 0 Å². The maximum Gasteiger partial charge on any atom is 0.129 e. The first-order valence-electron chi connectivity index (χ1n) is 4.96. The molecule has 0 amide bonds. The molecule has 14 heavy (non-hydrogen) atoms. The van der Waals surface area contributed by atoms with E-state index in [-0.39, 0.29) is 0 Å². The monoisotopic (exact) mass is 193 g/mol. The van der Waals surface area contributed by atoms with E-state index in [0.717, 1.165) is 18.1 Å². The molecule has 0 bridgehead atoms. The molecule has 1 rings (SSSR count). The number of nitrogens with zero attached hydrogens (tertiary/aromatic N) is 1. The van der Waals surface area contributed by atoms with Crippen molar-refractivity contribution in [3.05, 3.63) is 22.4 Å². The van der Waals surface area contributed by atoms with Crippen LogP contribution in [0.4, 0.5) is 5.82 Å². The van der Waals surface area contributed by atoms with Crippen LogP contribution in [0, 0.1) is 27.7 Å². The molecule has 0 fully saturated rings. The zero-order valence-electron chi connectivity index (χ0n) is 9.44. The van der Waals surface area contributed by atoms with Crippen molar-refractivity contribution in [3.63, 3.8) is 0 Å². The van der Waals surface area contributed by atoms with Crippen LogP contribution in [0.5, 0.6) is 0 Å². The van der Waals surface area contributed by atoms with E-state index in [2.05, 4.69) is 31.1 Å². The third kappa shape index (κ3) is 2.04. The molecule has 1 heterocycles. The number of aromatic nitrogens is 1. The van der Waals surface area contributed by atoms with Crippen LogP contribution in [0.2, 0.25) is 0 Å². The number of rotatable bonds is 3. The summed E-state index contributed by atoms with van der Waals surface area (Å²) in [6.45, 7) is 9.77. The van der Waals surface area contributed by atoms with Gasteiger partial charge >= 0.3 is 0 Å². The molecule has 0 aliphatic heterocycles. The Morgan fingerprint density at radius 2 is 1.71 bits per heavy atom. The zero-order valence-corrected chi connectivity index (χ0v) is 9.44. The number of nitrogens with one attached hydrogen (secondary N) is 1. The Kier molecular flexibility index (Phi) is 3.47. The van der Waals surface area contributed by atoms with E-state index in [9.17, 15) is 0 Å². The molecule has 1 aromatic heterocycles. The quantitative estimate of drug-likeness (QED) is 0.768. The molecule has 3 nitrogen and oxygen atoms in total. The standard InChI is InChI=1S/C11H19N3/c1-7-8(2)10(4)14-11(9(7)3)13-6-5-12/h5-6,12H2,1-4H3,(H,13,14). The van der Waals surface area contributed by atoms with Gasteiger partial charge in [0, 0.05) is 18.8 Å². The Hall–Kier alpha value is -1.09. The highest BCUT2D eigenvalue weighted by molar-refractivity contribution is 5.51. The minimum Gasteiger partial charge on any atom is -0.369 e. The van der Waals surface area contributed by atoms with Gasteiger partial charge in [0.2, 0.25) is 0 Å². The Labute approximate surface area is 85.7 Å². The fraction of sp³-hybridized carbons (Fsp3) is 0.545. The van der Waals surface area contributed by atoms with E-state index < -0.39 is 0 Å². The summed E-state index contributed by atoms with van der Waals surface area (Å²) in [4.78, 5) is 4.50. The van der Waals surface area contributed by atoms with Gasteiger partial charge in [-0.1, -0.05) is 0 Å². The van der Waals surface area contributed by atoms with Crippen LogP contribution in [0.1, 0.15) is 22.4 Å². The lowest BCUT2D eigenvalue weighted by atomic mass is 10.0. The van der Waals surface area contributed by atoms with Gasteiger partial charge in [-0.05, 0) is 44.4 Å². The Bertz CT molecular complexity index is 332. The Morgan fingerprint density at radius 3 is 2.29 bits per heavy atom. The summed E-state index contributed by atoms with van der Waals surface area (Å²) in [5.41, 5.74) is 10.4. The normalized spacial score (nSPS) is 10.4. The summed E-state index contributed by atoms with van der Waals surface area (Å²) in [5.74, 6) is 0.969. The van der Waals surface area contributed by atoms with E-state index in [1.54, 1.807) is 0 Å². The number of pyridine rings is 1. The van der Waals surface area contributed by atoms with E-state index in [1.165, 1.54) is 16.7 Å². The van der Waals surface area contributed by atoms with Crippen LogP contribution in [0.25, 0.3) is 0 Å². The fourth-order valence-corrected chi connectivity index (χ4v) is 1.43. The average Bonchev–Trinajstić information content (AvgIpc) is 2.18. The fourth-order valence-electron chi connectivity index (χ4n) is 1.43. The average molecular weight is 193 g/mol. The van der Waals surface area contributed by atoms with Gasteiger partial charge in [0.15, 0.2) is 0 Å². The molecular formula is C11H19N3. The molecule has 3 N–H and O–H groups in total. The highest BCUT2D eigenvalue weighted by Crippen LogP contribution is 2.21. The molecule has 78 valence electrons. The van der Waals surface area contributed by atoms with Gasteiger partial charge in [0.05, 0.1) is 0 Å². The lowest BCUT2D eigenvalue weighted by Crippen LogP contribution is -2.15. The molecule has 0 spiro atoms. The first kappa shape index (κ1) is 11.0. The number of nitrogens with two attached hydrogens (primary N) is 1. The largest absolute Gasteiger partial charge is 0.369 e. The first-order chi connectivity index (χ1) is 6.57. The van der Waals surface area contributed by atoms with Crippen molar-refractivity contribution in [2.75, 3.05) is 18.4 Å². The molecular weight excluding hydrogens is 174 g/mol. The Morgan fingerprint density at radius 1 is 1.07 bits per heavy atom. The topological polar surface area (TPSA) is 50.9 Å². The van der Waals surface area contributed by atoms with Crippen LogP contribution < -0.4 is 11.1 Å². The molecule has 0 aliphatic rings. The van der Waals surface area contributed by atoms with Gasteiger partial charge in [-0.3, -0.25) is 0 Å². The predicted molar refractivity (Wildman–Crippen MR) is 60.7 cm³/mol. The summed E-state index contributed by atoms with van der Waals surface area (Å²) in [7, 11) is 0. The molecule has 0 atom stereocenters. The van der Waals surface area contributed by atoms with E-state index in [4.69, 9.17) is 5.73 Å². The highest BCUT2D eigenvalue weighted by atomic mass is 15.0. The van der Waals surface area contributed by atoms with Gasteiger partial charge in [-0.2, -0.15) is 0 Å². The van der Waals surface area contributed by atoms with E-state index in [1.807, 2.05) is 6.92 Å². The minimum atomic E-state index is 0.632. The molecule has 1 aromatic rings. The number of anilines is 1. The van der Waals surface area contributed by atoms with Crippen molar-refractivity contribution in [2.45, 2.75) is 27.7 Å².